The molecule has 0 bridgehead atoms. The molecule has 1 aromatic carbocycles. The number of hydrogen-bond donors (Lipinski definition) is 0. The maximum absolute atomic E-state index is 13.5. The van der Waals surface area contributed by atoms with Crippen LogP contribution in [0.1, 0.15) is 12.0 Å². The van der Waals surface area contributed by atoms with Crippen molar-refractivity contribution in [3.05, 3.63) is 29.3 Å². The van der Waals surface area contributed by atoms with Gasteiger partial charge in [-0.25, -0.2) is 8.78 Å². The lowest BCUT2D eigenvalue weighted by molar-refractivity contribution is 0.576. The van der Waals surface area contributed by atoms with Gasteiger partial charge in [0.1, 0.15) is 5.69 Å². The van der Waals surface area contributed by atoms with E-state index in [9.17, 15) is 8.78 Å². The van der Waals surface area contributed by atoms with Gasteiger partial charge in [-0.15, -0.1) is 0 Å². The van der Waals surface area contributed by atoms with Crippen LogP contribution in [0.25, 0.3) is 0 Å². The van der Waals surface area contributed by atoms with E-state index in [1.54, 1.807) is 6.07 Å². The molecule has 0 aliphatic heterocycles. The monoisotopic (exact) mass is 221 g/mol. The molecule has 5 heteroatoms. The van der Waals surface area contributed by atoms with Crippen molar-refractivity contribution in [1.82, 2.24) is 0 Å². The Morgan fingerprint density at radius 2 is 1.81 bits per heavy atom. The second-order valence-corrected chi connectivity index (χ2v) is 3.23. The van der Waals surface area contributed by atoms with Crippen LogP contribution in [0.15, 0.2) is 12.1 Å². The smallest absolute Gasteiger partial charge is 0.150 e. The van der Waals surface area contributed by atoms with E-state index < -0.39 is 11.6 Å². The molecule has 0 saturated heterocycles. The Morgan fingerprint density at radius 3 is 2.25 bits per heavy atom. The summed E-state index contributed by atoms with van der Waals surface area (Å²) in [5, 5.41) is 16.9. The summed E-state index contributed by atoms with van der Waals surface area (Å²) >= 11 is 0. The van der Waals surface area contributed by atoms with Crippen LogP contribution >= 0.6 is 0 Å². The first-order valence-corrected chi connectivity index (χ1v) is 4.57. The molecule has 0 heterocycles. The van der Waals surface area contributed by atoms with Gasteiger partial charge in [-0.2, -0.15) is 10.5 Å². The fourth-order valence-corrected chi connectivity index (χ4v) is 1.32. The molecule has 0 aliphatic carbocycles. The lowest BCUT2D eigenvalue weighted by Crippen LogP contribution is -2.20. The predicted molar refractivity (Wildman–Crippen MR) is 54.6 cm³/mol. The number of anilines is 1. The Kier molecular flexibility index (Phi) is 3.79. The second kappa shape index (κ2) is 5.09. The lowest BCUT2D eigenvalue weighted by Gasteiger charge is -2.19. The van der Waals surface area contributed by atoms with E-state index in [4.69, 9.17) is 10.5 Å². The number of halogens is 2. The molecule has 1 aromatic rings. The molecule has 0 fully saturated rings. The summed E-state index contributed by atoms with van der Waals surface area (Å²) in [6.07, 6.45) is 0.176. The molecular formula is C11H9F2N3. The number of hydrogen-bond acceptors (Lipinski definition) is 3. The van der Waals surface area contributed by atoms with Crippen molar-refractivity contribution < 1.29 is 8.78 Å². The third-order valence-electron chi connectivity index (χ3n) is 2.09. The van der Waals surface area contributed by atoms with Gasteiger partial charge in [0.25, 0.3) is 0 Å². The van der Waals surface area contributed by atoms with E-state index in [1.165, 1.54) is 11.9 Å². The van der Waals surface area contributed by atoms with E-state index in [0.29, 0.717) is 0 Å². The quantitative estimate of drug-likeness (QED) is 0.786. The average molecular weight is 221 g/mol. The van der Waals surface area contributed by atoms with E-state index >= 15 is 0 Å². The Hall–Kier alpha value is -2.14. The Bertz CT molecular complexity index is 448. The SMILES string of the molecule is CN(CCC#N)c1c(F)cc(C#N)cc1F. The zero-order chi connectivity index (χ0) is 12.1. The molecule has 0 N–H and O–H groups in total. The van der Waals surface area contributed by atoms with Crippen LogP contribution in [-0.4, -0.2) is 13.6 Å². The molecule has 3 nitrogen and oxygen atoms in total. The van der Waals surface area contributed by atoms with Crippen LogP contribution in [0, 0.1) is 34.3 Å². The minimum Gasteiger partial charge on any atom is -0.369 e. The van der Waals surface area contributed by atoms with E-state index in [0.717, 1.165) is 12.1 Å². The van der Waals surface area contributed by atoms with Crippen molar-refractivity contribution in [3.63, 3.8) is 0 Å². The first-order chi connectivity index (χ1) is 7.60. The fourth-order valence-electron chi connectivity index (χ4n) is 1.32. The largest absolute Gasteiger partial charge is 0.369 e. The zero-order valence-corrected chi connectivity index (χ0v) is 8.67. The lowest BCUT2D eigenvalue weighted by atomic mass is 10.2. The highest BCUT2D eigenvalue weighted by Crippen LogP contribution is 2.23. The van der Waals surface area contributed by atoms with Gasteiger partial charge in [0.15, 0.2) is 11.6 Å². The van der Waals surface area contributed by atoms with Gasteiger partial charge in [0.2, 0.25) is 0 Å². The normalized spacial score (nSPS) is 9.31. The predicted octanol–water partition coefficient (Wildman–Crippen LogP) is 2.19. The molecule has 0 radical (unpaired) electrons. The summed E-state index contributed by atoms with van der Waals surface area (Å²) < 4.78 is 26.9. The van der Waals surface area contributed by atoms with Crippen molar-refractivity contribution in [1.29, 1.82) is 10.5 Å². The summed E-state index contributed by atoms with van der Waals surface area (Å²) in [4.78, 5) is 1.31. The molecule has 0 saturated carbocycles. The Balaban J connectivity index is 3.06. The summed E-state index contributed by atoms with van der Waals surface area (Å²) in [6, 6.07) is 5.50. The molecule has 0 unspecified atom stereocenters. The second-order valence-electron chi connectivity index (χ2n) is 3.23. The molecule has 1 rings (SSSR count). The Morgan fingerprint density at radius 1 is 1.25 bits per heavy atom. The topological polar surface area (TPSA) is 50.8 Å². The van der Waals surface area contributed by atoms with Gasteiger partial charge in [-0.05, 0) is 12.1 Å². The Labute approximate surface area is 92.1 Å². The molecule has 0 atom stereocenters. The zero-order valence-electron chi connectivity index (χ0n) is 8.67. The highest BCUT2D eigenvalue weighted by atomic mass is 19.1. The summed E-state index contributed by atoms with van der Waals surface area (Å²) in [7, 11) is 1.49. The molecule has 0 spiro atoms. The summed E-state index contributed by atoms with van der Waals surface area (Å²) in [5.41, 5.74) is -0.276. The standard InChI is InChI=1S/C11H9F2N3/c1-16(4-2-3-14)11-9(12)5-8(7-15)6-10(11)13/h5-6H,2,4H2,1H3. The van der Waals surface area contributed by atoms with Crippen molar-refractivity contribution >= 4 is 5.69 Å². The molecule has 0 aliphatic rings. The third-order valence-corrected chi connectivity index (χ3v) is 2.09. The van der Waals surface area contributed by atoms with E-state index in [1.807, 2.05) is 6.07 Å². The van der Waals surface area contributed by atoms with Gasteiger partial charge in [0.05, 0.1) is 24.1 Å². The first kappa shape index (κ1) is 11.9. The van der Waals surface area contributed by atoms with Crippen LogP contribution < -0.4 is 4.90 Å². The average Bonchev–Trinajstić information content (AvgIpc) is 2.25. The van der Waals surface area contributed by atoms with Crippen molar-refractivity contribution in [2.45, 2.75) is 6.42 Å². The molecule has 0 aromatic heterocycles. The van der Waals surface area contributed by atoms with Gasteiger partial charge in [-0.1, -0.05) is 0 Å². The van der Waals surface area contributed by atoms with E-state index in [2.05, 4.69) is 0 Å². The number of nitrogens with zero attached hydrogens (tertiary/aromatic N) is 3. The molecule has 0 amide bonds. The molecular weight excluding hydrogens is 212 g/mol. The highest BCUT2D eigenvalue weighted by molar-refractivity contribution is 5.52. The summed E-state index contributed by atoms with van der Waals surface area (Å²) in [5.74, 6) is -1.59. The minimum absolute atomic E-state index is 0.0626. The number of benzene rings is 1. The van der Waals surface area contributed by atoms with Crippen molar-refractivity contribution in [3.8, 4) is 12.1 Å². The number of nitriles is 2. The van der Waals surface area contributed by atoms with Gasteiger partial charge in [-0.3, -0.25) is 0 Å². The molecule has 16 heavy (non-hydrogen) atoms. The van der Waals surface area contributed by atoms with Crippen molar-refractivity contribution in [2.75, 3.05) is 18.5 Å². The van der Waals surface area contributed by atoms with Crippen LogP contribution in [0.2, 0.25) is 0 Å². The third kappa shape index (κ3) is 2.46. The molecule has 82 valence electrons. The van der Waals surface area contributed by atoms with Crippen LogP contribution in [0.3, 0.4) is 0 Å². The number of rotatable bonds is 3. The van der Waals surface area contributed by atoms with Crippen LogP contribution in [0.5, 0.6) is 0 Å². The summed E-state index contributed by atoms with van der Waals surface area (Å²) in [6.45, 7) is 0.232. The maximum Gasteiger partial charge on any atom is 0.150 e. The fraction of sp³-hybridized carbons (Fsp3) is 0.273. The van der Waals surface area contributed by atoms with Gasteiger partial charge in [0, 0.05) is 13.6 Å². The van der Waals surface area contributed by atoms with E-state index in [-0.39, 0.29) is 24.2 Å². The van der Waals surface area contributed by atoms with Gasteiger partial charge < -0.3 is 4.90 Å². The van der Waals surface area contributed by atoms with Crippen LogP contribution in [-0.2, 0) is 0 Å². The maximum atomic E-state index is 13.5. The highest BCUT2D eigenvalue weighted by Gasteiger charge is 2.14. The first-order valence-electron chi connectivity index (χ1n) is 4.57. The van der Waals surface area contributed by atoms with Gasteiger partial charge >= 0.3 is 0 Å². The van der Waals surface area contributed by atoms with Crippen LogP contribution in [0.4, 0.5) is 14.5 Å². The van der Waals surface area contributed by atoms with Crippen molar-refractivity contribution in [2.24, 2.45) is 0 Å². The minimum atomic E-state index is -0.794.